The second kappa shape index (κ2) is 4.03. The Balaban J connectivity index is 2.38. The fourth-order valence-corrected chi connectivity index (χ4v) is 2.64. The molecule has 1 aliphatic heterocycles. The summed E-state index contributed by atoms with van der Waals surface area (Å²) in [5.74, 6) is -0.109. The molecule has 18 heavy (non-hydrogen) atoms. The number of methoxy groups -OCH3 is 1. The van der Waals surface area contributed by atoms with Gasteiger partial charge in [-0.05, 0) is 30.7 Å². The number of carboxylic acid groups (broad SMARTS) is 1. The van der Waals surface area contributed by atoms with E-state index in [0.717, 1.165) is 34.3 Å². The molecule has 1 aromatic carbocycles. The zero-order chi connectivity index (χ0) is 12.7. The van der Waals surface area contributed by atoms with Gasteiger partial charge in [-0.15, -0.1) is 0 Å². The van der Waals surface area contributed by atoms with Crippen LogP contribution in [-0.4, -0.2) is 29.7 Å². The van der Waals surface area contributed by atoms with Gasteiger partial charge in [0.1, 0.15) is 11.4 Å². The number of aromatic nitrogens is 1. The maximum absolute atomic E-state index is 11.3. The van der Waals surface area contributed by atoms with Gasteiger partial charge in [0.2, 0.25) is 0 Å². The third-order valence-electron chi connectivity index (χ3n) is 3.42. The summed E-state index contributed by atoms with van der Waals surface area (Å²) in [5, 5.41) is 13.5. The lowest BCUT2D eigenvalue weighted by atomic mass is 10.0. The van der Waals surface area contributed by atoms with Gasteiger partial charge in [-0.1, -0.05) is 0 Å². The van der Waals surface area contributed by atoms with Crippen LogP contribution in [0.3, 0.4) is 0 Å². The normalized spacial score (nSPS) is 14.5. The molecule has 0 bridgehead atoms. The molecule has 94 valence electrons. The number of carbonyl (C=O) groups is 1. The number of H-pyrrole nitrogens is 1. The van der Waals surface area contributed by atoms with Crippen LogP contribution in [0.4, 0.5) is 0 Å². The maximum Gasteiger partial charge on any atom is 0.352 e. The van der Waals surface area contributed by atoms with Gasteiger partial charge in [-0.3, -0.25) is 0 Å². The standard InChI is InChI=1S/C13H14N2O3/c1-18-10-3-2-9-11-7(12(15-9)13(16)17)4-5-14-6-8(10)11/h2-3,14-15H,4-6H2,1H3,(H,16,17). The second-order valence-electron chi connectivity index (χ2n) is 4.38. The van der Waals surface area contributed by atoms with Crippen molar-refractivity contribution in [1.82, 2.24) is 10.3 Å². The predicted octanol–water partition coefficient (Wildman–Crippen LogP) is 1.52. The van der Waals surface area contributed by atoms with E-state index in [1.807, 2.05) is 12.1 Å². The summed E-state index contributed by atoms with van der Waals surface area (Å²) in [7, 11) is 1.63. The molecule has 5 nitrogen and oxygen atoms in total. The zero-order valence-electron chi connectivity index (χ0n) is 10.0. The number of aromatic carboxylic acids is 1. The first-order valence-corrected chi connectivity index (χ1v) is 5.87. The van der Waals surface area contributed by atoms with E-state index in [1.54, 1.807) is 7.11 Å². The van der Waals surface area contributed by atoms with Crippen molar-refractivity contribution in [2.45, 2.75) is 13.0 Å². The summed E-state index contributed by atoms with van der Waals surface area (Å²) < 4.78 is 5.36. The Morgan fingerprint density at radius 1 is 1.39 bits per heavy atom. The third kappa shape index (κ3) is 1.48. The van der Waals surface area contributed by atoms with Crippen LogP contribution in [0, 0.1) is 0 Å². The lowest BCUT2D eigenvalue weighted by Gasteiger charge is -2.08. The average Bonchev–Trinajstić information content (AvgIpc) is 2.59. The number of ether oxygens (including phenoxy) is 1. The van der Waals surface area contributed by atoms with E-state index in [2.05, 4.69) is 10.3 Å². The highest BCUT2D eigenvalue weighted by Gasteiger charge is 2.22. The van der Waals surface area contributed by atoms with E-state index in [9.17, 15) is 9.90 Å². The largest absolute Gasteiger partial charge is 0.496 e. The van der Waals surface area contributed by atoms with E-state index in [0.29, 0.717) is 18.7 Å². The molecule has 5 heteroatoms. The van der Waals surface area contributed by atoms with Crippen molar-refractivity contribution in [3.05, 3.63) is 29.0 Å². The van der Waals surface area contributed by atoms with Gasteiger partial charge in [0.05, 0.1) is 7.11 Å². The van der Waals surface area contributed by atoms with Gasteiger partial charge >= 0.3 is 5.97 Å². The fourth-order valence-electron chi connectivity index (χ4n) is 2.64. The van der Waals surface area contributed by atoms with Crippen molar-refractivity contribution < 1.29 is 14.6 Å². The Morgan fingerprint density at radius 3 is 2.94 bits per heavy atom. The number of carboxylic acids is 1. The topological polar surface area (TPSA) is 74.4 Å². The Morgan fingerprint density at radius 2 is 2.22 bits per heavy atom. The third-order valence-corrected chi connectivity index (χ3v) is 3.42. The van der Waals surface area contributed by atoms with Crippen LogP contribution < -0.4 is 10.1 Å². The minimum absolute atomic E-state index is 0.295. The number of rotatable bonds is 2. The van der Waals surface area contributed by atoms with Gasteiger partial charge in [0.15, 0.2) is 0 Å². The van der Waals surface area contributed by atoms with Crippen LogP contribution in [0.25, 0.3) is 10.9 Å². The first kappa shape index (κ1) is 11.1. The lowest BCUT2D eigenvalue weighted by molar-refractivity contribution is 0.0690. The number of benzene rings is 1. The molecule has 2 aromatic rings. The number of hydrogen-bond donors (Lipinski definition) is 3. The minimum atomic E-state index is -0.909. The molecular weight excluding hydrogens is 232 g/mol. The van der Waals surface area contributed by atoms with Gasteiger partial charge in [0, 0.05) is 23.0 Å². The van der Waals surface area contributed by atoms with Crippen molar-refractivity contribution in [3.63, 3.8) is 0 Å². The Hall–Kier alpha value is -2.01. The van der Waals surface area contributed by atoms with Gasteiger partial charge in [0.25, 0.3) is 0 Å². The van der Waals surface area contributed by atoms with Crippen LogP contribution in [0.5, 0.6) is 5.75 Å². The first-order chi connectivity index (χ1) is 8.72. The van der Waals surface area contributed by atoms with Crippen LogP contribution in [0.2, 0.25) is 0 Å². The number of nitrogens with one attached hydrogen (secondary N) is 2. The first-order valence-electron chi connectivity index (χ1n) is 5.87. The minimum Gasteiger partial charge on any atom is -0.496 e. The molecule has 3 N–H and O–H groups in total. The Labute approximate surface area is 104 Å². The molecule has 0 unspecified atom stereocenters. The molecule has 0 radical (unpaired) electrons. The molecule has 1 aromatic heterocycles. The van der Waals surface area contributed by atoms with Gasteiger partial charge in [-0.2, -0.15) is 0 Å². The molecule has 2 heterocycles. The second-order valence-corrected chi connectivity index (χ2v) is 4.38. The molecule has 1 aliphatic rings. The van der Waals surface area contributed by atoms with Crippen LogP contribution in [0.15, 0.2) is 12.1 Å². The summed E-state index contributed by atoms with van der Waals surface area (Å²) in [6, 6.07) is 3.75. The lowest BCUT2D eigenvalue weighted by Crippen LogP contribution is -2.15. The smallest absolute Gasteiger partial charge is 0.352 e. The molecule has 3 rings (SSSR count). The SMILES string of the molecule is COc1ccc2[nH]c(C(=O)O)c3c2c1CNCC3. The summed E-state index contributed by atoms with van der Waals surface area (Å²) in [4.78, 5) is 14.3. The predicted molar refractivity (Wildman–Crippen MR) is 67.2 cm³/mol. The van der Waals surface area contributed by atoms with Crippen molar-refractivity contribution in [3.8, 4) is 5.75 Å². The molecular formula is C13H14N2O3. The van der Waals surface area contributed by atoms with E-state index in [-0.39, 0.29) is 0 Å². The highest BCUT2D eigenvalue weighted by atomic mass is 16.5. The van der Waals surface area contributed by atoms with Gasteiger partial charge < -0.3 is 20.1 Å². The summed E-state index contributed by atoms with van der Waals surface area (Å²) in [6.45, 7) is 1.47. The van der Waals surface area contributed by atoms with Crippen molar-refractivity contribution in [2.75, 3.05) is 13.7 Å². The summed E-state index contributed by atoms with van der Waals surface area (Å²) >= 11 is 0. The van der Waals surface area contributed by atoms with Crippen molar-refractivity contribution >= 4 is 16.9 Å². The fraction of sp³-hybridized carbons (Fsp3) is 0.308. The van der Waals surface area contributed by atoms with Crippen LogP contribution in [-0.2, 0) is 13.0 Å². The van der Waals surface area contributed by atoms with E-state index in [1.165, 1.54) is 0 Å². The molecule has 0 amide bonds. The van der Waals surface area contributed by atoms with E-state index < -0.39 is 5.97 Å². The summed E-state index contributed by atoms with van der Waals surface area (Å²) in [5.41, 5.74) is 3.06. The number of aromatic amines is 1. The zero-order valence-corrected chi connectivity index (χ0v) is 10.0. The number of hydrogen-bond acceptors (Lipinski definition) is 3. The molecule has 0 fully saturated rings. The van der Waals surface area contributed by atoms with Gasteiger partial charge in [-0.25, -0.2) is 4.79 Å². The molecule has 0 saturated heterocycles. The Kier molecular flexibility index (Phi) is 2.48. The monoisotopic (exact) mass is 246 g/mol. The average molecular weight is 246 g/mol. The summed E-state index contributed by atoms with van der Waals surface area (Å²) in [6.07, 6.45) is 0.710. The maximum atomic E-state index is 11.3. The van der Waals surface area contributed by atoms with Crippen LogP contribution >= 0.6 is 0 Å². The highest BCUT2D eigenvalue weighted by Crippen LogP contribution is 2.33. The van der Waals surface area contributed by atoms with Crippen molar-refractivity contribution in [1.29, 1.82) is 0 Å². The van der Waals surface area contributed by atoms with E-state index in [4.69, 9.17) is 4.74 Å². The van der Waals surface area contributed by atoms with E-state index >= 15 is 0 Å². The molecule has 0 saturated carbocycles. The highest BCUT2D eigenvalue weighted by molar-refractivity contribution is 5.99. The molecule has 0 atom stereocenters. The molecule has 0 spiro atoms. The van der Waals surface area contributed by atoms with Crippen molar-refractivity contribution in [2.24, 2.45) is 0 Å². The Bertz CT molecular complexity index is 631. The van der Waals surface area contributed by atoms with Crippen LogP contribution in [0.1, 0.15) is 21.6 Å². The molecule has 0 aliphatic carbocycles. The quantitative estimate of drug-likeness (QED) is 0.751.